The number of aliphatic hydroxyl groups excluding tert-OH is 1. The topological polar surface area (TPSA) is 197 Å². The standard InChI is InChI=1S/C17H33N5O6/c1-9(2)13(17(27)28)22-16(26)12(8-23)21-15(25)11(6-4-5-7-18)20-14(24)10(3)19/h9-13,23H,4-8,18-19H2,1-3H3,(H,20,24)(H,21,25)(H,22,26)(H,27,28). The third-order valence-electron chi connectivity index (χ3n) is 4.04. The largest absolute Gasteiger partial charge is 0.480 e. The molecule has 0 saturated carbocycles. The van der Waals surface area contributed by atoms with Crippen LogP contribution < -0.4 is 27.4 Å². The van der Waals surface area contributed by atoms with E-state index in [0.29, 0.717) is 19.4 Å². The zero-order valence-corrected chi connectivity index (χ0v) is 16.6. The number of carbonyl (C=O) groups is 4. The third kappa shape index (κ3) is 9.11. The number of unbranched alkanes of at least 4 members (excludes halogenated alkanes) is 1. The summed E-state index contributed by atoms with van der Waals surface area (Å²) < 4.78 is 0. The Morgan fingerprint density at radius 2 is 1.43 bits per heavy atom. The van der Waals surface area contributed by atoms with Crippen LogP contribution in [0.25, 0.3) is 0 Å². The number of amides is 3. The molecule has 11 nitrogen and oxygen atoms in total. The molecular formula is C17H33N5O6. The molecule has 0 aromatic heterocycles. The second-order valence-corrected chi connectivity index (χ2v) is 6.95. The van der Waals surface area contributed by atoms with E-state index in [-0.39, 0.29) is 6.42 Å². The van der Waals surface area contributed by atoms with Crippen molar-refractivity contribution >= 4 is 23.7 Å². The van der Waals surface area contributed by atoms with Gasteiger partial charge in [0.1, 0.15) is 18.1 Å². The van der Waals surface area contributed by atoms with Crippen molar-refractivity contribution in [2.24, 2.45) is 17.4 Å². The number of aliphatic hydroxyl groups is 1. The zero-order valence-electron chi connectivity index (χ0n) is 16.6. The summed E-state index contributed by atoms with van der Waals surface area (Å²) in [5, 5.41) is 25.7. The van der Waals surface area contributed by atoms with Gasteiger partial charge in [0.25, 0.3) is 0 Å². The van der Waals surface area contributed by atoms with Gasteiger partial charge in [-0.1, -0.05) is 13.8 Å². The van der Waals surface area contributed by atoms with Gasteiger partial charge in [-0.3, -0.25) is 14.4 Å². The van der Waals surface area contributed by atoms with Crippen LogP contribution in [-0.4, -0.2) is 71.2 Å². The van der Waals surface area contributed by atoms with Crippen molar-refractivity contribution in [2.45, 2.75) is 64.2 Å². The lowest BCUT2D eigenvalue weighted by molar-refractivity contribution is -0.143. The molecule has 0 fully saturated rings. The van der Waals surface area contributed by atoms with E-state index in [1.54, 1.807) is 13.8 Å². The maximum absolute atomic E-state index is 12.5. The van der Waals surface area contributed by atoms with Gasteiger partial charge in [0, 0.05) is 0 Å². The second kappa shape index (κ2) is 13.0. The predicted molar refractivity (Wildman–Crippen MR) is 102 cm³/mol. The quantitative estimate of drug-likeness (QED) is 0.166. The molecule has 4 atom stereocenters. The van der Waals surface area contributed by atoms with E-state index in [0.717, 1.165) is 0 Å². The van der Waals surface area contributed by atoms with Gasteiger partial charge < -0.3 is 37.6 Å². The van der Waals surface area contributed by atoms with Gasteiger partial charge in [-0.05, 0) is 38.6 Å². The summed E-state index contributed by atoms with van der Waals surface area (Å²) in [5.74, 6) is -3.68. The first-order valence-electron chi connectivity index (χ1n) is 9.25. The molecule has 0 aromatic rings. The first-order chi connectivity index (χ1) is 13.0. The Labute approximate surface area is 164 Å². The molecule has 0 heterocycles. The molecule has 0 spiro atoms. The molecule has 0 aliphatic carbocycles. The van der Waals surface area contributed by atoms with Gasteiger partial charge in [-0.15, -0.1) is 0 Å². The smallest absolute Gasteiger partial charge is 0.326 e. The molecule has 0 aromatic carbocycles. The minimum Gasteiger partial charge on any atom is -0.480 e. The molecule has 9 N–H and O–H groups in total. The predicted octanol–water partition coefficient (Wildman–Crippen LogP) is -2.35. The summed E-state index contributed by atoms with van der Waals surface area (Å²) >= 11 is 0. The van der Waals surface area contributed by atoms with Crippen LogP contribution >= 0.6 is 0 Å². The van der Waals surface area contributed by atoms with Gasteiger partial charge in [0.05, 0.1) is 12.6 Å². The van der Waals surface area contributed by atoms with Crippen LogP contribution in [0.5, 0.6) is 0 Å². The van der Waals surface area contributed by atoms with Gasteiger partial charge >= 0.3 is 5.97 Å². The highest BCUT2D eigenvalue weighted by molar-refractivity contribution is 5.94. The summed E-state index contributed by atoms with van der Waals surface area (Å²) in [7, 11) is 0. The number of hydrogen-bond acceptors (Lipinski definition) is 7. The lowest BCUT2D eigenvalue weighted by atomic mass is 10.0. The Balaban J connectivity index is 5.11. The van der Waals surface area contributed by atoms with Crippen molar-refractivity contribution in [3.05, 3.63) is 0 Å². The van der Waals surface area contributed by atoms with Crippen molar-refractivity contribution in [1.82, 2.24) is 16.0 Å². The van der Waals surface area contributed by atoms with E-state index in [9.17, 15) is 24.3 Å². The number of carbonyl (C=O) groups excluding carboxylic acids is 3. The van der Waals surface area contributed by atoms with Crippen LogP contribution in [0.3, 0.4) is 0 Å². The number of nitrogens with two attached hydrogens (primary N) is 2. The van der Waals surface area contributed by atoms with Crippen LogP contribution in [0.2, 0.25) is 0 Å². The van der Waals surface area contributed by atoms with E-state index in [1.807, 2.05) is 0 Å². The lowest BCUT2D eigenvalue weighted by Crippen LogP contribution is -2.58. The average Bonchev–Trinajstić information content (AvgIpc) is 2.62. The first-order valence-corrected chi connectivity index (χ1v) is 9.25. The number of aliphatic carboxylic acids is 1. The average molecular weight is 403 g/mol. The summed E-state index contributed by atoms with van der Waals surface area (Å²) in [5.41, 5.74) is 10.9. The van der Waals surface area contributed by atoms with Crippen LogP contribution in [-0.2, 0) is 19.2 Å². The first kappa shape index (κ1) is 25.8. The molecule has 28 heavy (non-hydrogen) atoms. The summed E-state index contributed by atoms with van der Waals surface area (Å²) in [6.45, 7) is 4.37. The summed E-state index contributed by atoms with van der Waals surface area (Å²) in [6.07, 6.45) is 1.46. The SMILES string of the molecule is CC(N)C(=O)NC(CCCCN)C(=O)NC(CO)C(=O)NC(C(=O)O)C(C)C. The summed E-state index contributed by atoms with van der Waals surface area (Å²) in [4.78, 5) is 47.8. The number of rotatable bonds is 13. The summed E-state index contributed by atoms with van der Waals surface area (Å²) in [6, 6.07) is -4.33. The molecule has 11 heteroatoms. The fourth-order valence-corrected chi connectivity index (χ4v) is 2.30. The maximum atomic E-state index is 12.5. The number of carboxylic acids is 1. The number of nitrogens with one attached hydrogen (secondary N) is 3. The Hall–Kier alpha value is -2.24. The molecule has 0 saturated heterocycles. The highest BCUT2D eigenvalue weighted by atomic mass is 16.4. The highest BCUT2D eigenvalue weighted by Gasteiger charge is 2.30. The molecule has 0 rings (SSSR count). The van der Waals surface area contributed by atoms with Crippen molar-refractivity contribution in [2.75, 3.05) is 13.2 Å². The molecule has 0 bridgehead atoms. The van der Waals surface area contributed by atoms with Gasteiger partial charge in [-0.25, -0.2) is 4.79 Å². The van der Waals surface area contributed by atoms with Crippen molar-refractivity contribution in [1.29, 1.82) is 0 Å². The van der Waals surface area contributed by atoms with Crippen molar-refractivity contribution in [3.63, 3.8) is 0 Å². The molecule has 4 unspecified atom stereocenters. The minimum atomic E-state index is -1.36. The molecule has 0 aliphatic rings. The third-order valence-corrected chi connectivity index (χ3v) is 4.04. The van der Waals surface area contributed by atoms with Gasteiger partial charge in [0.2, 0.25) is 17.7 Å². The van der Waals surface area contributed by atoms with E-state index >= 15 is 0 Å². The van der Waals surface area contributed by atoms with E-state index in [1.165, 1.54) is 6.92 Å². The van der Waals surface area contributed by atoms with Crippen LogP contribution in [0, 0.1) is 5.92 Å². The fourth-order valence-electron chi connectivity index (χ4n) is 2.30. The zero-order chi connectivity index (χ0) is 21.9. The van der Waals surface area contributed by atoms with Crippen LogP contribution in [0.4, 0.5) is 0 Å². The molecular weight excluding hydrogens is 370 g/mol. The van der Waals surface area contributed by atoms with Crippen LogP contribution in [0.15, 0.2) is 0 Å². The molecule has 0 aliphatic heterocycles. The minimum absolute atomic E-state index is 0.269. The number of hydrogen-bond donors (Lipinski definition) is 7. The maximum Gasteiger partial charge on any atom is 0.326 e. The van der Waals surface area contributed by atoms with E-state index < -0.39 is 60.4 Å². The normalized spacial score (nSPS) is 15.2. The second-order valence-electron chi connectivity index (χ2n) is 6.95. The van der Waals surface area contributed by atoms with Crippen LogP contribution in [0.1, 0.15) is 40.0 Å². The highest BCUT2D eigenvalue weighted by Crippen LogP contribution is 2.04. The molecule has 162 valence electrons. The van der Waals surface area contributed by atoms with Crippen molar-refractivity contribution in [3.8, 4) is 0 Å². The Morgan fingerprint density at radius 3 is 1.86 bits per heavy atom. The van der Waals surface area contributed by atoms with E-state index in [2.05, 4.69) is 16.0 Å². The van der Waals surface area contributed by atoms with Gasteiger partial charge in [-0.2, -0.15) is 0 Å². The molecule has 0 radical (unpaired) electrons. The fraction of sp³-hybridized carbons (Fsp3) is 0.765. The van der Waals surface area contributed by atoms with Crippen molar-refractivity contribution < 1.29 is 29.4 Å². The Bertz CT molecular complexity index is 540. The lowest BCUT2D eigenvalue weighted by Gasteiger charge is -2.25. The Morgan fingerprint density at radius 1 is 0.893 bits per heavy atom. The van der Waals surface area contributed by atoms with E-state index in [4.69, 9.17) is 16.6 Å². The number of carboxylic acid groups (broad SMARTS) is 1. The molecule has 3 amide bonds. The monoisotopic (exact) mass is 403 g/mol. The van der Waals surface area contributed by atoms with Gasteiger partial charge in [0.15, 0.2) is 0 Å². The Kier molecular flexibility index (Phi) is 12.0.